The lowest BCUT2D eigenvalue weighted by molar-refractivity contribution is -0.141. The van der Waals surface area contributed by atoms with Crippen molar-refractivity contribution in [2.45, 2.75) is 65.5 Å². The molecule has 2 aromatic carbocycles. The molecule has 1 atom stereocenters. The summed E-state index contributed by atoms with van der Waals surface area (Å²) in [6.45, 7) is 6.55. The van der Waals surface area contributed by atoms with Gasteiger partial charge in [0.2, 0.25) is 21.8 Å². The van der Waals surface area contributed by atoms with Crippen molar-refractivity contribution in [2.75, 3.05) is 23.7 Å². The first-order valence-corrected chi connectivity index (χ1v) is 14.3. The summed E-state index contributed by atoms with van der Waals surface area (Å²) in [6, 6.07) is 12.4. The zero-order valence-electron chi connectivity index (χ0n) is 21.7. The van der Waals surface area contributed by atoms with Gasteiger partial charge in [-0.15, -0.1) is 0 Å². The fraction of sp³-hybridized carbons (Fsp3) is 0.481. The van der Waals surface area contributed by atoms with Gasteiger partial charge in [-0.3, -0.25) is 13.9 Å². The predicted molar refractivity (Wildman–Crippen MR) is 142 cm³/mol. The molecule has 0 saturated carbocycles. The maximum Gasteiger partial charge on any atom is 0.242 e. The minimum atomic E-state index is -3.55. The lowest BCUT2D eigenvalue weighted by Crippen LogP contribution is -2.49. The van der Waals surface area contributed by atoms with Crippen molar-refractivity contribution < 1.29 is 22.4 Å². The number of rotatable bonds is 14. The number of amides is 2. The molecule has 2 amide bonds. The number of aryl methyl sites for hydroxylation is 1. The fourth-order valence-electron chi connectivity index (χ4n) is 4.04. The molecule has 0 bridgehead atoms. The number of benzene rings is 2. The molecule has 198 valence electrons. The molecule has 0 aliphatic carbocycles. The van der Waals surface area contributed by atoms with E-state index in [1.54, 1.807) is 24.3 Å². The van der Waals surface area contributed by atoms with Crippen LogP contribution in [0.3, 0.4) is 0 Å². The van der Waals surface area contributed by atoms with E-state index in [4.69, 9.17) is 0 Å². The quantitative estimate of drug-likeness (QED) is 0.375. The van der Waals surface area contributed by atoms with Crippen LogP contribution in [0, 0.1) is 12.7 Å². The molecular formula is C27H38FN3O4S. The maximum absolute atomic E-state index is 13.4. The molecule has 2 aromatic rings. The van der Waals surface area contributed by atoms with E-state index in [0.717, 1.165) is 24.7 Å². The van der Waals surface area contributed by atoms with Crippen molar-refractivity contribution in [2.24, 2.45) is 0 Å². The number of carbonyl (C=O) groups is 2. The van der Waals surface area contributed by atoms with Gasteiger partial charge in [-0.1, -0.05) is 50.6 Å². The van der Waals surface area contributed by atoms with Crippen molar-refractivity contribution in [3.05, 3.63) is 65.5 Å². The zero-order chi connectivity index (χ0) is 26.7. The van der Waals surface area contributed by atoms with Crippen molar-refractivity contribution >= 4 is 27.5 Å². The van der Waals surface area contributed by atoms with E-state index in [1.165, 1.54) is 21.3 Å². The molecule has 0 aliphatic heterocycles. The van der Waals surface area contributed by atoms with Crippen LogP contribution in [0.25, 0.3) is 0 Å². The third kappa shape index (κ3) is 8.62. The van der Waals surface area contributed by atoms with Crippen molar-refractivity contribution in [1.82, 2.24) is 10.2 Å². The van der Waals surface area contributed by atoms with Crippen molar-refractivity contribution in [3.63, 3.8) is 0 Å². The van der Waals surface area contributed by atoms with Gasteiger partial charge >= 0.3 is 0 Å². The molecule has 9 heteroatoms. The van der Waals surface area contributed by atoms with Crippen molar-refractivity contribution in [3.8, 4) is 0 Å². The SMILES string of the molecule is CCCCNC(=O)[C@@H](CC)N(Cc1ccc(F)cc1)C(=O)CCCN(c1ccccc1C)S(C)(=O)=O. The standard InChI is InChI=1S/C27H38FN3O4S/c1-5-7-18-29-27(33)24(6-2)30(20-22-14-16-23(28)17-15-22)26(32)13-10-19-31(36(4,34)35)25-12-9-8-11-21(25)3/h8-9,11-12,14-17,24H,5-7,10,13,18-20H2,1-4H3,(H,29,33)/t24-/m1/s1. The molecular weight excluding hydrogens is 481 g/mol. The molecule has 0 aliphatic rings. The first-order valence-electron chi connectivity index (χ1n) is 12.4. The van der Waals surface area contributed by atoms with Crippen LogP contribution in [-0.2, 0) is 26.2 Å². The van der Waals surface area contributed by atoms with Gasteiger partial charge in [-0.05, 0) is 55.5 Å². The Balaban J connectivity index is 2.20. The number of hydrogen-bond acceptors (Lipinski definition) is 4. The van der Waals surface area contributed by atoms with E-state index in [0.29, 0.717) is 24.2 Å². The summed E-state index contributed by atoms with van der Waals surface area (Å²) in [5.74, 6) is -0.854. The highest BCUT2D eigenvalue weighted by molar-refractivity contribution is 7.92. The van der Waals surface area contributed by atoms with Crippen LogP contribution in [0.1, 0.15) is 57.1 Å². The molecule has 0 heterocycles. The maximum atomic E-state index is 13.4. The number of para-hydroxylation sites is 1. The highest BCUT2D eigenvalue weighted by atomic mass is 32.2. The van der Waals surface area contributed by atoms with Crippen LogP contribution in [0.2, 0.25) is 0 Å². The summed E-state index contributed by atoms with van der Waals surface area (Å²) in [6.07, 6.45) is 3.70. The van der Waals surface area contributed by atoms with Crippen LogP contribution in [-0.4, -0.2) is 50.5 Å². The molecule has 0 fully saturated rings. The van der Waals surface area contributed by atoms with Gasteiger partial charge in [0.15, 0.2) is 0 Å². The number of nitrogens with one attached hydrogen (secondary N) is 1. The predicted octanol–water partition coefficient (Wildman–Crippen LogP) is 4.40. The summed E-state index contributed by atoms with van der Waals surface area (Å²) < 4.78 is 39.7. The molecule has 1 N–H and O–H groups in total. The Morgan fingerprint density at radius 2 is 1.69 bits per heavy atom. The van der Waals surface area contributed by atoms with Crippen LogP contribution < -0.4 is 9.62 Å². The number of hydrogen-bond donors (Lipinski definition) is 1. The Kier molecular flexibility index (Phi) is 11.4. The Bertz CT molecular complexity index is 1110. The average molecular weight is 520 g/mol. The lowest BCUT2D eigenvalue weighted by Gasteiger charge is -2.31. The number of unbranched alkanes of at least 4 members (excludes halogenated alkanes) is 1. The molecule has 0 aromatic heterocycles. The van der Waals surface area contributed by atoms with E-state index < -0.39 is 16.1 Å². The van der Waals surface area contributed by atoms with Gasteiger partial charge in [0.25, 0.3) is 0 Å². The lowest BCUT2D eigenvalue weighted by atomic mass is 10.1. The normalized spacial score (nSPS) is 12.1. The van der Waals surface area contributed by atoms with Gasteiger partial charge in [0, 0.05) is 26.1 Å². The topological polar surface area (TPSA) is 86.8 Å². The van der Waals surface area contributed by atoms with Gasteiger partial charge < -0.3 is 10.2 Å². The van der Waals surface area contributed by atoms with E-state index in [1.807, 2.05) is 32.9 Å². The average Bonchev–Trinajstić information content (AvgIpc) is 2.83. The smallest absolute Gasteiger partial charge is 0.242 e. The minimum Gasteiger partial charge on any atom is -0.354 e. The van der Waals surface area contributed by atoms with Gasteiger partial charge in [-0.2, -0.15) is 0 Å². The second kappa shape index (κ2) is 14.0. The Morgan fingerprint density at radius 3 is 2.28 bits per heavy atom. The monoisotopic (exact) mass is 519 g/mol. The Labute approximate surface area is 214 Å². The molecule has 2 rings (SSSR count). The molecule has 0 saturated heterocycles. The largest absolute Gasteiger partial charge is 0.354 e. The van der Waals surface area contributed by atoms with E-state index in [2.05, 4.69) is 5.32 Å². The van der Waals surface area contributed by atoms with Crippen LogP contribution >= 0.6 is 0 Å². The third-order valence-corrected chi connectivity index (χ3v) is 7.20. The van der Waals surface area contributed by atoms with Crippen molar-refractivity contribution in [1.29, 1.82) is 0 Å². The van der Waals surface area contributed by atoms with Crippen LogP contribution in [0.15, 0.2) is 48.5 Å². The molecule has 36 heavy (non-hydrogen) atoms. The summed E-state index contributed by atoms with van der Waals surface area (Å²) in [5, 5.41) is 2.91. The molecule has 0 radical (unpaired) electrons. The number of sulfonamides is 1. The molecule has 0 spiro atoms. The number of nitrogens with zero attached hydrogens (tertiary/aromatic N) is 2. The second-order valence-corrected chi connectivity index (χ2v) is 10.8. The Hall–Kier alpha value is -2.94. The summed E-state index contributed by atoms with van der Waals surface area (Å²) >= 11 is 0. The molecule has 0 unspecified atom stereocenters. The van der Waals surface area contributed by atoms with Gasteiger partial charge in [0.05, 0.1) is 11.9 Å². The van der Waals surface area contributed by atoms with Gasteiger partial charge in [-0.25, -0.2) is 12.8 Å². The highest BCUT2D eigenvalue weighted by Gasteiger charge is 2.28. The van der Waals surface area contributed by atoms with E-state index >= 15 is 0 Å². The Morgan fingerprint density at radius 1 is 1.03 bits per heavy atom. The van der Waals surface area contributed by atoms with E-state index in [-0.39, 0.29) is 43.6 Å². The zero-order valence-corrected chi connectivity index (χ0v) is 22.5. The van der Waals surface area contributed by atoms with Gasteiger partial charge in [0.1, 0.15) is 11.9 Å². The second-order valence-electron chi connectivity index (χ2n) is 8.94. The summed E-state index contributed by atoms with van der Waals surface area (Å²) in [7, 11) is -3.55. The molecule has 7 nitrogen and oxygen atoms in total. The summed E-state index contributed by atoms with van der Waals surface area (Å²) in [5.41, 5.74) is 2.11. The highest BCUT2D eigenvalue weighted by Crippen LogP contribution is 2.23. The third-order valence-electron chi connectivity index (χ3n) is 6.02. The minimum absolute atomic E-state index is 0.0673. The van der Waals surface area contributed by atoms with E-state index in [9.17, 15) is 22.4 Å². The van der Waals surface area contributed by atoms with Crippen LogP contribution in [0.4, 0.5) is 10.1 Å². The fourth-order valence-corrected chi connectivity index (χ4v) is 5.06. The summed E-state index contributed by atoms with van der Waals surface area (Å²) in [4.78, 5) is 27.8. The first kappa shape index (κ1) is 29.3. The number of carbonyl (C=O) groups excluding carboxylic acids is 2. The number of anilines is 1. The first-order chi connectivity index (χ1) is 17.1. The van der Waals surface area contributed by atoms with Crippen LogP contribution in [0.5, 0.6) is 0 Å². The number of halogens is 1.